The van der Waals surface area contributed by atoms with Crippen LogP contribution in [0.5, 0.6) is 5.75 Å². The van der Waals surface area contributed by atoms with Gasteiger partial charge in [0.25, 0.3) is 11.7 Å². The smallest absolute Gasteiger partial charge is 0.295 e. The van der Waals surface area contributed by atoms with Crippen LogP contribution in [0.25, 0.3) is 5.76 Å². The molecule has 164 valence electrons. The molecule has 1 amide bonds. The molecule has 2 aromatic rings. The number of ketones is 1. The molecule has 1 aromatic heterocycles. The van der Waals surface area contributed by atoms with Crippen molar-refractivity contribution < 1.29 is 19.4 Å². The molecule has 0 radical (unpaired) electrons. The lowest BCUT2D eigenvalue weighted by Gasteiger charge is -2.26. The first-order valence-corrected chi connectivity index (χ1v) is 10.6. The van der Waals surface area contributed by atoms with E-state index < -0.39 is 17.7 Å². The van der Waals surface area contributed by atoms with Crippen molar-refractivity contribution in [3.63, 3.8) is 0 Å². The minimum atomic E-state index is -0.732. The molecule has 0 spiro atoms. The summed E-state index contributed by atoms with van der Waals surface area (Å²) in [6.07, 6.45) is 2.34. The summed E-state index contributed by atoms with van der Waals surface area (Å²) in [5.74, 6) is -0.982. The molecule has 1 fully saturated rings. The maximum absolute atomic E-state index is 13.0. The van der Waals surface area contributed by atoms with E-state index >= 15 is 0 Å². The van der Waals surface area contributed by atoms with E-state index in [4.69, 9.17) is 4.74 Å². The van der Waals surface area contributed by atoms with E-state index in [0.29, 0.717) is 23.6 Å². The van der Waals surface area contributed by atoms with E-state index in [1.54, 1.807) is 42.6 Å². The van der Waals surface area contributed by atoms with Gasteiger partial charge in [0.1, 0.15) is 17.6 Å². The van der Waals surface area contributed by atoms with Crippen LogP contribution in [0.3, 0.4) is 0 Å². The van der Waals surface area contributed by atoms with E-state index in [-0.39, 0.29) is 11.3 Å². The average Bonchev–Trinajstić information content (AvgIpc) is 3.07. The Bertz CT molecular complexity index is 954. The van der Waals surface area contributed by atoms with Crippen LogP contribution in [-0.2, 0) is 9.59 Å². The summed E-state index contributed by atoms with van der Waals surface area (Å²) in [4.78, 5) is 34.1. The second-order valence-electron chi connectivity index (χ2n) is 7.36. The maximum Gasteiger partial charge on any atom is 0.295 e. The Morgan fingerprint density at radius 1 is 1.16 bits per heavy atom. The van der Waals surface area contributed by atoms with Gasteiger partial charge in [-0.05, 0) is 50.3 Å². The number of amides is 1. The molecule has 0 saturated carbocycles. The Balaban J connectivity index is 2.01. The number of ether oxygens (including phenoxy) is 1. The second kappa shape index (κ2) is 10.2. The molecule has 1 aliphatic rings. The van der Waals surface area contributed by atoms with Gasteiger partial charge in [-0.3, -0.25) is 14.6 Å². The highest BCUT2D eigenvalue weighted by atomic mass is 16.5. The van der Waals surface area contributed by atoms with Crippen molar-refractivity contribution in [2.45, 2.75) is 26.3 Å². The maximum atomic E-state index is 13.0. The van der Waals surface area contributed by atoms with Gasteiger partial charge in [-0.15, -0.1) is 0 Å². The van der Waals surface area contributed by atoms with Crippen LogP contribution in [0.1, 0.15) is 37.6 Å². The number of likely N-dealkylation sites (tertiary alicyclic amines) is 1. The molecule has 2 heterocycles. The summed E-state index contributed by atoms with van der Waals surface area (Å²) in [6, 6.07) is 11.4. The van der Waals surface area contributed by atoms with E-state index in [2.05, 4.69) is 23.7 Å². The molecule has 3 rings (SSSR count). The fourth-order valence-corrected chi connectivity index (χ4v) is 3.89. The zero-order valence-corrected chi connectivity index (χ0v) is 18.2. The van der Waals surface area contributed by atoms with Gasteiger partial charge in [-0.1, -0.05) is 32.0 Å². The first kappa shape index (κ1) is 22.5. The Hall–Kier alpha value is -3.19. The zero-order chi connectivity index (χ0) is 22.4. The van der Waals surface area contributed by atoms with Crippen molar-refractivity contribution in [2.24, 2.45) is 0 Å². The van der Waals surface area contributed by atoms with Gasteiger partial charge in [-0.2, -0.15) is 0 Å². The lowest BCUT2D eigenvalue weighted by molar-refractivity contribution is -0.140. The third-order valence-corrected chi connectivity index (χ3v) is 5.62. The van der Waals surface area contributed by atoms with E-state index in [0.717, 1.165) is 26.1 Å². The van der Waals surface area contributed by atoms with Crippen LogP contribution in [0, 0.1) is 0 Å². The van der Waals surface area contributed by atoms with Crippen molar-refractivity contribution in [2.75, 3.05) is 33.3 Å². The number of aliphatic hydroxyl groups excluding tert-OH is 1. The highest BCUT2D eigenvalue weighted by Gasteiger charge is 2.46. The fraction of sp³-hybridized carbons (Fsp3) is 0.375. The summed E-state index contributed by atoms with van der Waals surface area (Å²) in [5.41, 5.74) is 1.02. The average molecular weight is 424 g/mol. The highest BCUT2D eigenvalue weighted by molar-refractivity contribution is 6.46. The summed E-state index contributed by atoms with van der Waals surface area (Å²) < 4.78 is 5.23. The second-order valence-corrected chi connectivity index (χ2v) is 7.36. The Morgan fingerprint density at radius 3 is 2.58 bits per heavy atom. The largest absolute Gasteiger partial charge is 0.507 e. The molecule has 1 N–H and O–H groups in total. The Kier molecular flexibility index (Phi) is 7.41. The monoisotopic (exact) mass is 423 g/mol. The van der Waals surface area contributed by atoms with Gasteiger partial charge < -0.3 is 19.6 Å². The summed E-state index contributed by atoms with van der Waals surface area (Å²) >= 11 is 0. The predicted molar refractivity (Wildman–Crippen MR) is 119 cm³/mol. The number of aliphatic hydroxyl groups is 1. The molecule has 1 aromatic carbocycles. The Labute approximate surface area is 183 Å². The van der Waals surface area contributed by atoms with Crippen molar-refractivity contribution in [1.82, 2.24) is 14.8 Å². The van der Waals surface area contributed by atoms with Crippen LogP contribution in [0.2, 0.25) is 0 Å². The Morgan fingerprint density at radius 2 is 1.94 bits per heavy atom. The van der Waals surface area contributed by atoms with E-state index in [1.807, 2.05) is 6.07 Å². The standard InChI is InChI=1S/C24H29N3O4/c1-4-26(5-2)14-9-15-27-21(19-12-6-7-13-25-19)20(23(29)24(27)30)22(28)17-10-8-11-18(16-17)31-3/h6-8,10-13,16,21,28H,4-5,9,14-15H2,1-3H3/t21-/m0/s1. The van der Waals surface area contributed by atoms with Gasteiger partial charge in [0.2, 0.25) is 0 Å². The molecule has 31 heavy (non-hydrogen) atoms. The lowest BCUT2D eigenvalue weighted by Crippen LogP contribution is -2.33. The number of Topliss-reactive ketones (excluding diaryl/α,β-unsaturated/α-hetero) is 1. The highest BCUT2D eigenvalue weighted by Crippen LogP contribution is 2.38. The molecule has 1 saturated heterocycles. The number of nitrogens with zero attached hydrogens (tertiary/aromatic N) is 3. The minimum Gasteiger partial charge on any atom is -0.507 e. The predicted octanol–water partition coefficient (Wildman–Crippen LogP) is 3.24. The van der Waals surface area contributed by atoms with Gasteiger partial charge in [0, 0.05) is 18.3 Å². The molecule has 0 bridgehead atoms. The van der Waals surface area contributed by atoms with E-state index in [9.17, 15) is 14.7 Å². The van der Waals surface area contributed by atoms with Crippen molar-refractivity contribution in [3.8, 4) is 5.75 Å². The SMILES string of the molecule is CCN(CC)CCCN1C(=O)C(=O)C(=C(O)c2cccc(OC)c2)[C@@H]1c1ccccn1. The topological polar surface area (TPSA) is 83.0 Å². The number of carbonyl (C=O) groups excluding carboxylic acids is 2. The van der Waals surface area contributed by atoms with Crippen LogP contribution in [0.15, 0.2) is 54.2 Å². The summed E-state index contributed by atoms with van der Waals surface area (Å²) in [7, 11) is 1.53. The number of benzene rings is 1. The van der Waals surface area contributed by atoms with Crippen LogP contribution >= 0.6 is 0 Å². The van der Waals surface area contributed by atoms with Crippen LogP contribution in [-0.4, -0.2) is 64.9 Å². The van der Waals surface area contributed by atoms with Crippen LogP contribution in [0.4, 0.5) is 0 Å². The number of aromatic nitrogens is 1. The quantitative estimate of drug-likeness (QED) is 0.379. The fourth-order valence-electron chi connectivity index (χ4n) is 3.89. The number of hydrogen-bond acceptors (Lipinski definition) is 6. The first-order valence-electron chi connectivity index (χ1n) is 10.6. The molecule has 0 unspecified atom stereocenters. The number of rotatable bonds is 9. The molecule has 0 aliphatic carbocycles. The summed E-state index contributed by atoms with van der Waals surface area (Å²) in [5, 5.41) is 11.1. The molecule has 7 nitrogen and oxygen atoms in total. The first-order chi connectivity index (χ1) is 15.0. The molecule has 1 aliphatic heterocycles. The molecular formula is C24H29N3O4. The third kappa shape index (κ3) is 4.77. The number of methoxy groups -OCH3 is 1. The van der Waals surface area contributed by atoms with Crippen LogP contribution < -0.4 is 4.74 Å². The third-order valence-electron chi connectivity index (χ3n) is 5.62. The van der Waals surface area contributed by atoms with E-state index in [1.165, 1.54) is 12.0 Å². The van der Waals surface area contributed by atoms with Gasteiger partial charge in [0.15, 0.2) is 0 Å². The van der Waals surface area contributed by atoms with Crippen molar-refractivity contribution in [1.29, 1.82) is 0 Å². The van der Waals surface area contributed by atoms with Gasteiger partial charge >= 0.3 is 0 Å². The van der Waals surface area contributed by atoms with Gasteiger partial charge in [-0.25, -0.2) is 0 Å². The zero-order valence-electron chi connectivity index (χ0n) is 18.2. The molecule has 1 atom stereocenters. The normalized spacial score (nSPS) is 18.1. The van der Waals surface area contributed by atoms with Crippen molar-refractivity contribution >= 4 is 17.4 Å². The number of hydrogen-bond donors (Lipinski definition) is 1. The number of carbonyl (C=O) groups is 2. The van der Waals surface area contributed by atoms with Crippen molar-refractivity contribution in [3.05, 3.63) is 65.5 Å². The molecular weight excluding hydrogens is 394 g/mol. The minimum absolute atomic E-state index is 0.0554. The lowest BCUT2D eigenvalue weighted by atomic mass is 9.98. The molecule has 7 heteroatoms. The summed E-state index contributed by atoms with van der Waals surface area (Å²) in [6.45, 7) is 7.26. The van der Waals surface area contributed by atoms with Gasteiger partial charge in [0.05, 0.1) is 18.4 Å². The number of pyridine rings is 1.